The van der Waals surface area contributed by atoms with Gasteiger partial charge in [-0.15, -0.1) is 0 Å². The van der Waals surface area contributed by atoms with E-state index in [-0.39, 0.29) is 11.6 Å². The van der Waals surface area contributed by atoms with E-state index in [1.54, 1.807) is 28.8 Å². The minimum absolute atomic E-state index is 0.151. The Balaban J connectivity index is 0.000000505. The molecule has 1 N–H and O–H groups in total. The lowest BCUT2D eigenvalue weighted by molar-refractivity contribution is -0.192. The van der Waals surface area contributed by atoms with Crippen LogP contribution in [0.3, 0.4) is 0 Å². The zero-order valence-electron chi connectivity index (χ0n) is 20.9. The van der Waals surface area contributed by atoms with Crippen molar-refractivity contribution in [1.82, 2.24) is 39.3 Å². The zero-order valence-corrected chi connectivity index (χ0v) is 20.9. The molecule has 0 amide bonds. The largest absolute Gasteiger partial charge is 0.490 e. The first-order valence-electron chi connectivity index (χ1n) is 10.7. The fourth-order valence-corrected chi connectivity index (χ4v) is 3.47. The van der Waals surface area contributed by atoms with Crippen LogP contribution < -0.4 is 0 Å². The van der Waals surface area contributed by atoms with Gasteiger partial charge in [0.2, 0.25) is 0 Å². The van der Waals surface area contributed by atoms with E-state index in [9.17, 15) is 26.3 Å². The van der Waals surface area contributed by atoms with Gasteiger partial charge in [-0.05, 0) is 33.8 Å². The minimum Gasteiger partial charge on any atom is -0.475 e. The number of hydrogen-bond acceptors (Lipinski definition) is 6. The number of carboxylic acid groups (broad SMARTS) is 1. The summed E-state index contributed by atoms with van der Waals surface area (Å²) >= 11 is 0. The average molecular weight is 544 g/mol. The highest BCUT2D eigenvalue weighted by Crippen LogP contribution is 2.36. The smallest absolute Gasteiger partial charge is 0.475 e. The second-order valence-electron chi connectivity index (χ2n) is 8.26. The maximum absolute atomic E-state index is 13.4. The fourth-order valence-electron chi connectivity index (χ4n) is 3.47. The third kappa shape index (κ3) is 5.52. The van der Waals surface area contributed by atoms with E-state index in [1.165, 1.54) is 11.6 Å². The van der Waals surface area contributed by atoms with Crippen molar-refractivity contribution in [2.24, 2.45) is 14.1 Å². The van der Waals surface area contributed by atoms with Crippen molar-refractivity contribution >= 4 is 5.97 Å². The molecule has 38 heavy (non-hydrogen) atoms. The molecule has 4 aromatic heterocycles. The Morgan fingerprint density at radius 3 is 1.79 bits per heavy atom. The molecule has 4 heterocycles. The van der Waals surface area contributed by atoms with Gasteiger partial charge in [0.15, 0.2) is 0 Å². The number of hydrogen-bond donors (Lipinski definition) is 1. The predicted octanol–water partition coefficient (Wildman–Crippen LogP) is 4.35. The van der Waals surface area contributed by atoms with Gasteiger partial charge in [-0.2, -0.15) is 46.3 Å². The molecule has 0 bridgehead atoms. The van der Waals surface area contributed by atoms with Crippen LogP contribution in [0.25, 0.3) is 28.5 Å². The molecule has 0 atom stereocenters. The van der Waals surface area contributed by atoms with Crippen LogP contribution >= 0.6 is 0 Å². The number of aliphatic carboxylic acids is 1. The number of carboxylic acids is 1. The number of alkyl halides is 6. The van der Waals surface area contributed by atoms with E-state index in [0.29, 0.717) is 11.4 Å². The molecule has 0 aliphatic heterocycles. The molecule has 0 fully saturated rings. The molecular weight excluding hydrogens is 522 g/mol. The summed E-state index contributed by atoms with van der Waals surface area (Å²) in [6.45, 7) is 7.15. The summed E-state index contributed by atoms with van der Waals surface area (Å²) < 4.78 is 76.8. The van der Waals surface area contributed by atoms with Crippen molar-refractivity contribution < 1.29 is 36.2 Å². The highest BCUT2D eigenvalue weighted by atomic mass is 19.4. The molecule has 10 nitrogen and oxygen atoms in total. The fraction of sp³-hybridized carbons (Fsp3) is 0.364. The summed E-state index contributed by atoms with van der Waals surface area (Å²) in [5.41, 5.74) is 4.36. The van der Waals surface area contributed by atoms with E-state index in [1.807, 2.05) is 27.8 Å². The van der Waals surface area contributed by atoms with Gasteiger partial charge in [0.25, 0.3) is 5.95 Å². The van der Waals surface area contributed by atoms with Gasteiger partial charge in [0, 0.05) is 47.9 Å². The van der Waals surface area contributed by atoms with Crippen LogP contribution in [0.5, 0.6) is 0 Å². The van der Waals surface area contributed by atoms with Gasteiger partial charge < -0.3 is 5.11 Å². The van der Waals surface area contributed by atoms with E-state index in [4.69, 9.17) is 9.90 Å². The molecule has 204 valence electrons. The average Bonchev–Trinajstić information content (AvgIpc) is 3.42. The van der Waals surface area contributed by atoms with Crippen molar-refractivity contribution in [3.05, 3.63) is 46.8 Å². The highest BCUT2D eigenvalue weighted by molar-refractivity contribution is 5.76. The molecule has 0 aromatic carbocycles. The predicted molar refractivity (Wildman–Crippen MR) is 121 cm³/mol. The van der Waals surface area contributed by atoms with Crippen LogP contribution in [0, 0.1) is 27.7 Å². The lowest BCUT2D eigenvalue weighted by atomic mass is 10.0. The van der Waals surface area contributed by atoms with Crippen LogP contribution in [0.2, 0.25) is 0 Å². The SMILES string of the molecule is Cc1cc(C(F)(F)F)nc(-n2nc(-c3cnn(C)c3C)c(C)c2-c2cnn(C)c2C)n1.O=C(O)C(F)(F)F. The standard InChI is InChI=1S/C20H21F3N8.C2HF3O2/c1-10-7-16(20(21,22)23)27-19(26-10)31-18(15-9-25-30(6)13(15)4)11(2)17(28-31)14-8-24-29(5)12(14)3;3-2(4,5)1(6)7/h7-9H,1-6H3;(H,6,7). The van der Waals surface area contributed by atoms with Gasteiger partial charge in [0.05, 0.1) is 23.8 Å². The third-order valence-corrected chi connectivity index (χ3v) is 5.67. The van der Waals surface area contributed by atoms with Crippen molar-refractivity contribution in [3.63, 3.8) is 0 Å². The maximum atomic E-state index is 13.4. The number of carbonyl (C=O) groups is 1. The van der Waals surface area contributed by atoms with Gasteiger partial charge >= 0.3 is 18.3 Å². The Hall–Kier alpha value is -4.24. The maximum Gasteiger partial charge on any atom is 0.490 e. The van der Waals surface area contributed by atoms with Crippen LogP contribution in [-0.4, -0.2) is 56.6 Å². The van der Waals surface area contributed by atoms with Crippen LogP contribution in [0.15, 0.2) is 18.5 Å². The number of aryl methyl sites for hydroxylation is 3. The Labute approximate surface area is 211 Å². The lowest BCUT2D eigenvalue weighted by Gasteiger charge is -2.11. The van der Waals surface area contributed by atoms with Crippen LogP contribution in [0.1, 0.15) is 28.3 Å². The first-order valence-corrected chi connectivity index (χ1v) is 10.7. The highest BCUT2D eigenvalue weighted by Gasteiger charge is 2.38. The number of aromatic nitrogens is 8. The molecule has 0 unspecified atom stereocenters. The molecule has 0 radical (unpaired) electrons. The first kappa shape index (κ1) is 28.3. The van der Waals surface area contributed by atoms with Crippen molar-refractivity contribution in [1.29, 1.82) is 0 Å². The monoisotopic (exact) mass is 544 g/mol. The number of halogens is 6. The number of rotatable bonds is 3. The molecule has 0 spiro atoms. The Kier molecular flexibility index (Phi) is 7.39. The number of nitrogens with zero attached hydrogens (tertiary/aromatic N) is 8. The Morgan fingerprint density at radius 1 is 0.868 bits per heavy atom. The molecule has 4 aromatic rings. The topological polar surface area (TPSA) is 117 Å². The summed E-state index contributed by atoms with van der Waals surface area (Å²) in [5.74, 6) is -2.91. The lowest BCUT2D eigenvalue weighted by Crippen LogP contribution is -2.21. The zero-order chi connectivity index (χ0) is 28.7. The summed E-state index contributed by atoms with van der Waals surface area (Å²) in [5, 5.41) is 20.3. The third-order valence-electron chi connectivity index (χ3n) is 5.67. The second kappa shape index (κ2) is 9.90. The quantitative estimate of drug-likeness (QED) is 0.381. The molecule has 0 aliphatic carbocycles. The normalized spacial score (nSPS) is 11.9. The molecule has 0 aliphatic rings. The summed E-state index contributed by atoms with van der Waals surface area (Å²) in [7, 11) is 3.61. The van der Waals surface area contributed by atoms with Crippen LogP contribution in [-0.2, 0) is 25.1 Å². The van der Waals surface area contributed by atoms with Gasteiger partial charge in [-0.1, -0.05) is 0 Å². The van der Waals surface area contributed by atoms with Crippen molar-refractivity contribution in [2.45, 2.75) is 40.0 Å². The van der Waals surface area contributed by atoms with E-state index in [0.717, 1.165) is 34.1 Å². The summed E-state index contributed by atoms with van der Waals surface area (Å²) in [6.07, 6.45) is -6.33. The molecular formula is C22H22F6N8O2. The second-order valence-corrected chi connectivity index (χ2v) is 8.26. The van der Waals surface area contributed by atoms with E-state index in [2.05, 4.69) is 25.3 Å². The van der Waals surface area contributed by atoms with Gasteiger partial charge in [-0.25, -0.2) is 14.8 Å². The Bertz CT molecular complexity index is 1500. The summed E-state index contributed by atoms with van der Waals surface area (Å²) in [4.78, 5) is 16.9. The van der Waals surface area contributed by atoms with Crippen LogP contribution in [0.4, 0.5) is 26.3 Å². The van der Waals surface area contributed by atoms with Crippen molar-refractivity contribution in [2.75, 3.05) is 0 Å². The van der Waals surface area contributed by atoms with E-state index >= 15 is 0 Å². The molecule has 16 heteroatoms. The molecule has 0 saturated heterocycles. The molecule has 4 rings (SSSR count). The summed E-state index contributed by atoms with van der Waals surface area (Å²) in [6, 6.07) is 0.918. The first-order chi connectivity index (χ1) is 17.4. The molecule has 0 saturated carbocycles. The van der Waals surface area contributed by atoms with Gasteiger partial charge in [0.1, 0.15) is 5.69 Å². The Morgan fingerprint density at radius 2 is 1.37 bits per heavy atom. The van der Waals surface area contributed by atoms with Gasteiger partial charge in [-0.3, -0.25) is 9.36 Å². The van der Waals surface area contributed by atoms with E-state index < -0.39 is 24.0 Å². The minimum atomic E-state index is -5.08. The van der Waals surface area contributed by atoms with Crippen molar-refractivity contribution in [3.8, 4) is 28.5 Å².